The highest BCUT2D eigenvalue weighted by Crippen LogP contribution is 2.15. The Balaban J connectivity index is 1.79. The standard InChI is InChI=1S/C24H32Si2/c1-2-3-4-5-6-9-14-22(21-26-24-17-12-8-13-18-24)19-20-25-23-15-10-7-11-16-23/h7-8,10-13,15-19H,2-6,9,14,20-21H2,1H3/b22-19+. The monoisotopic (exact) mass is 376 g/mol. The van der Waals surface area contributed by atoms with Gasteiger partial charge in [0.25, 0.3) is 0 Å². The van der Waals surface area contributed by atoms with Gasteiger partial charge in [-0.3, -0.25) is 0 Å². The predicted molar refractivity (Wildman–Crippen MR) is 119 cm³/mol. The van der Waals surface area contributed by atoms with Crippen LogP contribution in [0.3, 0.4) is 0 Å². The highest BCUT2D eigenvalue weighted by Gasteiger charge is 2.02. The van der Waals surface area contributed by atoms with Crippen LogP contribution in [0.1, 0.15) is 51.9 Å². The molecule has 0 saturated heterocycles. The van der Waals surface area contributed by atoms with E-state index in [1.807, 2.05) is 0 Å². The van der Waals surface area contributed by atoms with Crippen LogP contribution in [0.5, 0.6) is 0 Å². The minimum Gasteiger partial charge on any atom is -0.0884 e. The largest absolute Gasteiger partial charge is 0.0884 e. The molecule has 136 valence electrons. The molecular formula is C24H32Si2. The molecule has 0 N–H and O–H groups in total. The zero-order valence-corrected chi connectivity index (χ0v) is 18.2. The quantitative estimate of drug-likeness (QED) is 0.244. The molecule has 0 unspecified atom stereocenters. The molecule has 0 atom stereocenters. The average Bonchev–Trinajstić information content (AvgIpc) is 2.70. The van der Waals surface area contributed by atoms with Gasteiger partial charge in [-0.2, -0.15) is 0 Å². The lowest BCUT2D eigenvalue weighted by atomic mass is 10.1. The number of benzene rings is 2. The first-order chi connectivity index (χ1) is 12.9. The van der Waals surface area contributed by atoms with Gasteiger partial charge in [0.05, 0.1) is 19.0 Å². The van der Waals surface area contributed by atoms with Gasteiger partial charge in [0, 0.05) is 0 Å². The van der Waals surface area contributed by atoms with Crippen molar-refractivity contribution in [2.75, 3.05) is 0 Å². The second-order valence-corrected chi connectivity index (χ2v) is 9.47. The summed E-state index contributed by atoms with van der Waals surface area (Å²) in [6.07, 6.45) is 12.2. The average molecular weight is 377 g/mol. The SMILES string of the molecule is CCCCCCCC/C(=C\C[Si]c1ccccc1)C[Si]c1ccccc1. The van der Waals surface area contributed by atoms with E-state index >= 15 is 0 Å². The summed E-state index contributed by atoms with van der Waals surface area (Å²) in [7, 11) is 1.81. The third-order valence-corrected chi connectivity index (χ3v) is 7.14. The van der Waals surface area contributed by atoms with Gasteiger partial charge in [0.2, 0.25) is 0 Å². The maximum absolute atomic E-state index is 2.55. The summed E-state index contributed by atoms with van der Waals surface area (Å²) >= 11 is 0. The van der Waals surface area contributed by atoms with E-state index in [1.54, 1.807) is 5.57 Å². The third kappa shape index (κ3) is 9.35. The first-order valence-corrected chi connectivity index (χ1v) is 12.6. The fraction of sp³-hybridized carbons (Fsp3) is 0.417. The lowest BCUT2D eigenvalue weighted by molar-refractivity contribution is 0.606. The maximum atomic E-state index is 2.55. The van der Waals surface area contributed by atoms with Gasteiger partial charge in [-0.1, -0.05) is 122 Å². The second kappa shape index (κ2) is 13.8. The molecule has 0 nitrogen and oxygen atoms in total. The Bertz CT molecular complexity index is 605. The van der Waals surface area contributed by atoms with Crippen LogP contribution in [0, 0.1) is 0 Å². The van der Waals surface area contributed by atoms with E-state index in [0.29, 0.717) is 0 Å². The summed E-state index contributed by atoms with van der Waals surface area (Å²) in [5.41, 5.74) is 1.69. The Morgan fingerprint density at radius 1 is 0.731 bits per heavy atom. The molecule has 0 spiro atoms. The Hall–Kier alpha value is -1.39. The molecule has 4 radical (unpaired) electrons. The molecule has 2 heteroatoms. The van der Waals surface area contributed by atoms with Crippen LogP contribution in [0.2, 0.25) is 12.1 Å². The van der Waals surface area contributed by atoms with Crippen LogP contribution in [0.4, 0.5) is 0 Å². The van der Waals surface area contributed by atoms with Crippen LogP contribution < -0.4 is 10.4 Å². The summed E-state index contributed by atoms with van der Waals surface area (Å²) in [6.45, 7) is 2.29. The van der Waals surface area contributed by atoms with Gasteiger partial charge in [-0.05, 0) is 24.9 Å². The molecule has 26 heavy (non-hydrogen) atoms. The van der Waals surface area contributed by atoms with Gasteiger partial charge in [-0.15, -0.1) is 0 Å². The van der Waals surface area contributed by atoms with E-state index in [-0.39, 0.29) is 0 Å². The zero-order valence-electron chi connectivity index (χ0n) is 16.2. The first kappa shape index (κ1) is 20.9. The summed E-state index contributed by atoms with van der Waals surface area (Å²) in [4.78, 5) is 0. The van der Waals surface area contributed by atoms with Gasteiger partial charge in [0.15, 0.2) is 0 Å². The highest BCUT2D eigenvalue weighted by atomic mass is 28.2. The summed E-state index contributed by atoms with van der Waals surface area (Å²) in [5.74, 6) is 0. The van der Waals surface area contributed by atoms with Crippen molar-refractivity contribution in [3.8, 4) is 0 Å². The number of allylic oxidation sites excluding steroid dienone is 2. The van der Waals surface area contributed by atoms with Gasteiger partial charge in [0.1, 0.15) is 0 Å². The Morgan fingerprint density at radius 3 is 1.96 bits per heavy atom. The van der Waals surface area contributed by atoms with Gasteiger partial charge in [-0.25, -0.2) is 0 Å². The smallest absolute Gasteiger partial charge is 0.0852 e. The minimum atomic E-state index is 0.900. The molecule has 2 aromatic carbocycles. The second-order valence-electron chi connectivity index (χ2n) is 6.85. The van der Waals surface area contributed by atoms with Crippen molar-refractivity contribution in [1.82, 2.24) is 0 Å². The molecule has 2 aromatic rings. The van der Waals surface area contributed by atoms with Crippen molar-refractivity contribution in [1.29, 1.82) is 0 Å². The Morgan fingerprint density at radius 2 is 1.31 bits per heavy atom. The van der Waals surface area contributed by atoms with Crippen molar-refractivity contribution in [2.24, 2.45) is 0 Å². The maximum Gasteiger partial charge on any atom is 0.0852 e. The molecule has 0 heterocycles. The predicted octanol–water partition coefficient (Wildman–Crippen LogP) is 5.56. The fourth-order valence-electron chi connectivity index (χ4n) is 3.04. The molecule has 2 rings (SSSR count). The lowest BCUT2D eigenvalue weighted by Crippen LogP contribution is -2.14. The van der Waals surface area contributed by atoms with E-state index in [0.717, 1.165) is 19.0 Å². The van der Waals surface area contributed by atoms with Crippen LogP contribution in [-0.4, -0.2) is 19.0 Å². The summed E-state index contributed by atoms with van der Waals surface area (Å²) < 4.78 is 0. The van der Waals surface area contributed by atoms with E-state index in [2.05, 4.69) is 73.7 Å². The summed E-state index contributed by atoms with van der Waals surface area (Å²) in [5, 5.41) is 2.97. The minimum absolute atomic E-state index is 0.900. The number of unbranched alkanes of at least 4 members (excludes halogenated alkanes) is 5. The van der Waals surface area contributed by atoms with Crippen molar-refractivity contribution >= 4 is 29.4 Å². The third-order valence-electron chi connectivity index (χ3n) is 4.62. The first-order valence-electron chi connectivity index (χ1n) is 10.1. The molecule has 0 fully saturated rings. The van der Waals surface area contributed by atoms with E-state index < -0.39 is 0 Å². The molecule has 0 aliphatic heterocycles. The van der Waals surface area contributed by atoms with Crippen LogP contribution >= 0.6 is 0 Å². The highest BCUT2D eigenvalue weighted by molar-refractivity contribution is 6.54. The van der Waals surface area contributed by atoms with E-state index in [1.165, 1.54) is 67.4 Å². The van der Waals surface area contributed by atoms with E-state index in [4.69, 9.17) is 0 Å². The lowest BCUT2D eigenvalue weighted by Gasteiger charge is -2.08. The molecular weight excluding hydrogens is 344 g/mol. The van der Waals surface area contributed by atoms with E-state index in [9.17, 15) is 0 Å². The van der Waals surface area contributed by atoms with Crippen molar-refractivity contribution in [2.45, 2.75) is 64.0 Å². The molecule has 0 amide bonds. The molecule has 0 aliphatic rings. The Labute approximate surface area is 165 Å². The molecule has 0 bridgehead atoms. The van der Waals surface area contributed by atoms with Crippen LogP contribution in [-0.2, 0) is 0 Å². The van der Waals surface area contributed by atoms with Crippen molar-refractivity contribution in [3.63, 3.8) is 0 Å². The van der Waals surface area contributed by atoms with Crippen molar-refractivity contribution in [3.05, 3.63) is 72.3 Å². The van der Waals surface area contributed by atoms with Crippen LogP contribution in [0.15, 0.2) is 72.3 Å². The Kier molecular flexibility index (Phi) is 11.1. The van der Waals surface area contributed by atoms with Crippen molar-refractivity contribution < 1.29 is 0 Å². The molecule has 0 saturated carbocycles. The summed E-state index contributed by atoms with van der Waals surface area (Å²) in [6, 6.07) is 24.4. The van der Waals surface area contributed by atoms with Gasteiger partial charge >= 0.3 is 0 Å². The normalized spacial score (nSPS) is 11.7. The zero-order chi connectivity index (χ0) is 18.3. The molecule has 0 aromatic heterocycles. The number of rotatable bonds is 13. The molecule has 0 aliphatic carbocycles. The topological polar surface area (TPSA) is 0 Å². The van der Waals surface area contributed by atoms with Gasteiger partial charge < -0.3 is 0 Å². The number of hydrogen-bond acceptors (Lipinski definition) is 0. The fourth-order valence-corrected chi connectivity index (χ4v) is 5.27. The van der Waals surface area contributed by atoms with Crippen LogP contribution in [0.25, 0.3) is 0 Å². The number of hydrogen-bond donors (Lipinski definition) is 0.